The SMILES string of the molecule is O=C(CN[C@H](c1ccccc1)c1ccco1)Nc1ccc(CN2CCCC2)cc1. The van der Waals surface area contributed by atoms with Gasteiger partial charge in [-0.25, -0.2) is 0 Å². The Balaban J connectivity index is 1.32. The van der Waals surface area contributed by atoms with E-state index in [0.717, 1.165) is 23.6 Å². The maximum Gasteiger partial charge on any atom is 0.238 e. The number of hydrogen-bond acceptors (Lipinski definition) is 4. The Labute approximate surface area is 171 Å². The molecule has 5 heteroatoms. The molecular formula is C24H27N3O2. The summed E-state index contributed by atoms with van der Waals surface area (Å²) >= 11 is 0. The van der Waals surface area contributed by atoms with E-state index in [1.54, 1.807) is 6.26 Å². The molecule has 1 aliphatic heterocycles. The molecule has 5 nitrogen and oxygen atoms in total. The summed E-state index contributed by atoms with van der Waals surface area (Å²) < 4.78 is 5.57. The van der Waals surface area contributed by atoms with Crippen molar-refractivity contribution >= 4 is 11.6 Å². The minimum Gasteiger partial charge on any atom is -0.467 e. The molecule has 0 saturated carbocycles. The molecule has 0 unspecified atom stereocenters. The van der Waals surface area contributed by atoms with Crippen LogP contribution in [0.4, 0.5) is 5.69 Å². The Bertz CT molecular complexity index is 886. The lowest BCUT2D eigenvalue weighted by molar-refractivity contribution is -0.115. The highest BCUT2D eigenvalue weighted by Gasteiger charge is 2.17. The third-order valence-corrected chi connectivity index (χ3v) is 5.27. The van der Waals surface area contributed by atoms with Crippen molar-refractivity contribution in [1.29, 1.82) is 0 Å². The predicted octanol–water partition coefficient (Wildman–Crippen LogP) is 4.19. The molecule has 1 amide bonds. The molecule has 150 valence electrons. The van der Waals surface area contributed by atoms with Crippen LogP contribution in [-0.4, -0.2) is 30.4 Å². The summed E-state index contributed by atoms with van der Waals surface area (Å²) in [7, 11) is 0. The first-order chi connectivity index (χ1) is 14.3. The Morgan fingerprint density at radius 3 is 2.41 bits per heavy atom. The van der Waals surface area contributed by atoms with Crippen LogP contribution in [0, 0.1) is 0 Å². The summed E-state index contributed by atoms with van der Waals surface area (Å²) in [4.78, 5) is 14.9. The van der Waals surface area contributed by atoms with Gasteiger partial charge in [0.25, 0.3) is 0 Å². The maximum atomic E-state index is 12.5. The van der Waals surface area contributed by atoms with Crippen LogP contribution in [0.1, 0.15) is 35.8 Å². The first-order valence-electron chi connectivity index (χ1n) is 10.2. The molecular weight excluding hydrogens is 362 g/mol. The van der Waals surface area contributed by atoms with Crippen LogP contribution in [0.25, 0.3) is 0 Å². The number of likely N-dealkylation sites (tertiary alicyclic amines) is 1. The molecule has 2 N–H and O–H groups in total. The zero-order valence-corrected chi connectivity index (χ0v) is 16.5. The van der Waals surface area contributed by atoms with Crippen molar-refractivity contribution in [2.75, 3.05) is 25.0 Å². The van der Waals surface area contributed by atoms with Gasteiger partial charge in [0.15, 0.2) is 0 Å². The van der Waals surface area contributed by atoms with Crippen LogP contribution in [-0.2, 0) is 11.3 Å². The number of nitrogens with one attached hydrogen (secondary N) is 2. The fraction of sp³-hybridized carbons (Fsp3) is 0.292. The largest absolute Gasteiger partial charge is 0.467 e. The first kappa shape index (κ1) is 19.4. The zero-order chi connectivity index (χ0) is 19.9. The van der Waals surface area contributed by atoms with Crippen molar-refractivity contribution in [2.24, 2.45) is 0 Å². The number of furan rings is 1. The lowest BCUT2D eigenvalue weighted by Gasteiger charge is -2.17. The summed E-state index contributed by atoms with van der Waals surface area (Å²) in [5.41, 5.74) is 3.16. The number of nitrogens with zero attached hydrogens (tertiary/aromatic N) is 1. The van der Waals surface area contributed by atoms with Crippen LogP contribution in [0.3, 0.4) is 0 Å². The molecule has 1 aliphatic rings. The van der Waals surface area contributed by atoms with E-state index in [2.05, 4.69) is 27.7 Å². The minimum atomic E-state index is -0.167. The second-order valence-electron chi connectivity index (χ2n) is 7.47. The number of anilines is 1. The van der Waals surface area contributed by atoms with E-state index in [1.807, 2.05) is 54.6 Å². The molecule has 1 fully saturated rings. The van der Waals surface area contributed by atoms with Gasteiger partial charge in [-0.05, 0) is 61.3 Å². The lowest BCUT2D eigenvalue weighted by Crippen LogP contribution is -2.31. The van der Waals surface area contributed by atoms with Gasteiger partial charge >= 0.3 is 0 Å². The van der Waals surface area contributed by atoms with E-state index < -0.39 is 0 Å². The van der Waals surface area contributed by atoms with Gasteiger partial charge in [0.2, 0.25) is 5.91 Å². The van der Waals surface area contributed by atoms with Crippen LogP contribution >= 0.6 is 0 Å². The number of amides is 1. The normalized spacial score (nSPS) is 15.3. The fourth-order valence-corrected chi connectivity index (χ4v) is 3.78. The number of hydrogen-bond donors (Lipinski definition) is 2. The van der Waals surface area contributed by atoms with Gasteiger partial charge in [-0.2, -0.15) is 0 Å². The summed E-state index contributed by atoms with van der Waals surface area (Å²) in [5.74, 6) is 0.708. The van der Waals surface area contributed by atoms with E-state index in [1.165, 1.54) is 31.5 Å². The number of carbonyl (C=O) groups excluding carboxylic acids is 1. The molecule has 2 aromatic carbocycles. The predicted molar refractivity (Wildman–Crippen MR) is 115 cm³/mol. The molecule has 1 saturated heterocycles. The average molecular weight is 389 g/mol. The number of benzene rings is 2. The summed E-state index contributed by atoms with van der Waals surface area (Å²) in [6.07, 6.45) is 4.24. The van der Waals surface area contributed by atoms with Gasteiger partial charge in [0.1, 0.15) is 5.76 Å². The summed E-state index contributed by atoms with van der Waals surface area (Å²) in [5, 5.41) is 6.27. The highest BCUT2D eigenvalue weighted by atomic mass is 16.3. The van der Waals surface area contributed by atoms with Gasteiger partial charge in [-0.15, -0.1) is 0 Å². The Morgan fingerprint density at radius 1 is 0.966 bits per heavy atom. The van der Waals surface area contributed by atoms with Crippen LogP contribution in [0.5, 0.6) is 0 Å². The molecule has 3 aromatic rings. The van der Waals surface area contributed by atoms with Crippen molar-refractivity contribution in [3.8, 4) is 0 Å². The Kier molecular flexibility index (Phi) is 6.39. The van der Waals surface area contributed by atoms with Crippen LogP contribution < -0.4 is 10.6 Å². The molecule has 1 aromatic heterocycles. The van der Waals surface area contributed by atoms with Gasteiger partial charge in [0, 0.05) is 12.2 Å². The van der Waals surface area contributed by atoms with Gasteiger partial charge in [-0.3, -0.25) is 15.0 Å². The quantitative estimate of drug-likeness (QED) is 0.606. The van der Waals surface area contributed by atoms with Crippen LogP contribution in [0.15, 0.2) is 77.4 Å². The average Bonchev–Trinajstić information content (AvgIpc) is 3.45. The van der Waals surface area contributed by atoms with Crippen molar-refractivity contribution in [3.63, 3.8) is 0 Å². The van der Waals surface area contributed by atoms with Crippen LogP contribution in [0.2, 0.25) is 0 Å². The smallest absolute Gasteiger partial charge is 0.238 e. The summed E-state index contributed by atoms with van der Waals surface area (Å²) in [6.45, 7) is 3.54. The van der Waals surface area contributed by atoms with E-state index in [0.29, 0.717) is 0 Å². The lowest BCUT2D eigenvalue weighted by atomic mass is 10.0. The topological polar surface area (TPSA) is 57.5 Å². The monoisotopic (exact) mass is 389 g/mol. The standard InChI is InChI=1S/C24H27N3O2/c28-23(26-21-12-10-19(11-13-21)18-27-14-4-5-15-27)17-25-24(22-9-6-16-29-22)20-7-2-1-3-8-20/h1-3,6-13,16,24-25H,4-5,14-15,17-18H2,(H,26,28)/t24-/m1/s1. The Hall–Kier alpha value is -2.89. The molecule has 4 rings (SSSR count). The molecule has 0 spiro atoms. The van der Waals surface area contributed by atoms with Crippen molar-refractivity contribution in [2.45, 2.75) is 25.4 Å². The molecule has 0 aliphatic carbocycles. The zero-order valence-electron chi connectivity index (χ0n) is 16.5. The van der Waals surface area contributed by atoms with E-state index in [9.17, 15) is 4.79 Å². The third-order valence-electron chi connectivity index (χ3n) is 5.27. The number of carbonyl (C=O) groups is 1. The molecule has 0 radical (unpaired) electrons. The molecule has 1 atom stereocenters. The third kappa shape index (κ3) is 5.34. The Morgan fingerprint density at radius 2 is 1.72 bits per heavy atom. The van der Waals surface area contributed by atoms with E-state index in [-0.39, 0.29) is 18.5 Å². The first-order valence-corrected chi connectivity index (χ1v) is 10.2. The second kappa shape index (κ2) is 9.54. The number of rotatable bonds is 8. The summed E-state index contributed by atoms with van der Waals surface area (Å²) in [6, 6.07) is 21.7. The van der Waals surface area contributed by atoms with Crippen molar-refractivity contribution < 1.29 is 9.21 Å². The highest BCUT2D eigenvalue weighted by Crippen LogP contribution is 2.22. The van der Waals surface area contributed by atoms with Crippen molar-refractivity contribution in [3.05, 3.63) is 89.9 Å². The van der Waals surface area contributed by atoms with Crippen molar-refractivity contribution in [1.82, 2.24) is 10.2 Å². The van der Waals surface area contributed by atoms with E-state index >= 15 is 0 Å². The molecule has 29 heavy (non-hydrogen) atoms. The van der Waals surface area contributed by atoms with E-state index in [4.69, 9.17) is 4.42 Å². The van der Waals surface area contributed by atoms with Gasteiger partial charge in [-0.1, -0.05) is 42.5 Å². The molecule has 0 bridgehead atoms. The second-order valence-corrected chi connectivity index (χ2v) is 7.47. The highest BCUT2D eigenvalue weighted by molar-refractivity contribution is 5.92. The minimum absolute atomic E-state index is 0.0789. The molecule has 2 heterocycles. The maximum absolute atomic E-state index is 12.5. The fourth-order valence-electron chi connectivity index (χ4n) is 3.78. The van der Waals surface area contributed by atoms with Gasteiger partial charge in [0.05, 0.1) is 18.8 Å². The van der Waals surface area contributed by atoms with Gasteiger partial charge < -0.3 is 9.73 Å².